The molecule has 12 heavy (non-hydrogen) atoms. The summed E-state index contributed by atoms with van der Waals surface area (Å²) in [5.41, 5.74) is 5.12. The second-order valence-corrected chi connectivity index (χ2v) is 3.51. The van der Waals surface area contributed by atoms with Gasteiger partial charge in [-0.15, -0.1) is 0 Å². The molecule has 64 valence electrons. The van der Waals surface area contributed by atoms with Gasteiger partial charge in [-0.1, -0.05) is 6.07 Å². The van der Waals surface area contributed by atoms with Crippen LogP contribution in [0.25, 0.3) is 0 Å². The van der Waals surface area contributed by atoms with Gasteiger partial charge >= 0.3 is 0 Å². The molecule has 1 heterocycles. The molecule has 0 saturated carbocycles. The molecule has 0 aliphatic rings. The van der Waals surface area contributed by atoms with Crippen molar-refractivity contribution in [2.45, 2.75) is 5.03 Å². The number of carbonyl (C=O) groups is 1. The number of nitrogens with two attached hydrogens (primary N) is 1. The first-order chi connectivity index (χ1) is 5.61. The first-order valence-corrected chi connectivity index (χ1v) is 4.77. The normalized spacial score (nSPS) is 12.4. The topological polar surface area (TPSA) is 73.1 Å². The van der Waals surface area contributed by atoms with Crippen LogP contribution in [0.1, 0.15) is 10.5 Å². The van der Waals surface area contributed by atoms with Crippen LogP contribution in [0, 0.1) is 0 Å². The van der Waals surface area contributed by atoms with E-state index in [1.807, 2.05) is 0 Å². The predicted molar refractivity (Wildman–Crippen MR) is 45.1 cm³/mol. The molecule has 5 heteroatoms. The van der Waals surface area contributed by atoms with E-state index >= 15 is 0 Å². The highest BCUT2D eigenvalue weighted by Crippen LogP contribution is 2.01. The van der Waals surface area contributed by atoms with Crippen LogP contribution in [0.15, 0.2) is 23.2 Å². The van der Waals surface area contributed by atoms with E-state index in [1.54, 1.807) is 12.1 Å². The van der Waals surface area contributed by atoms with Crippen LogP contribution < -0.4 is 5.73 Å². The van der Waals surface area contributed by atoms with Gasteiger partial charge in [0.05, 0.1) is 10.8 Å². The van der Waals surface area contributed by atoms with Crippen LogP contribution >= 0.6 is 0 Å². The van der Waals surface area contributed by atoms with E-state index in [4.69, 9.17) is 5.73 Å². The maximum Gasteiger partial charge on any atom is 0.267 e. The van der Waals surface area contributed by atoms with Crippen molar-refractivity contribution in [3.05, 3.63) is 23.9 Å². The minimum absolute atomic E-state index is 0.141. The van der Waals surface area contributed by atoms with Crippen molar-refractivity contribution in [3.63, 3.8) is 0 Å². The SMILES string of the molecule is CS(=O)c1cccc(C(N)=O)n1. The Morgan fingerprint density at radius 1 is 1.58 bits per heavy atom. The minimum atomic E-state index is -1.17. The molecular weight excluding hydrogens is 176 g/mol. The van der Waals surface area contributed by atoms with Gasteiger partial charge in [0.25, 0.3) is 5.91 Å². The fraction of sp³-hybridized carbons (Fsp3) is 0.143. The number of pyridine rings is 1. The smallest absolute Gasteiger partial charge is 0.267 e. The van der Waals surface area contributed by atoms with E-state index in [0.29, 0.717) is 5.03 Å². The lowest BCUT2D eigenvalue weighted by atomic mass is 10.3. The Bertz CT molecular complexity index is 309. The van der Waals surface area contributed by atoms with Crippen LogP contribution in [0.4, 0.5) is 0 Å². The largest absolute Gasteiger partial charge is 0.364 e. The van der Waals surface area contributed by atoms with Crippen LogP contribution in [-0.2, 0) is 10.8 Å². The van der Waals surface area contributed by atoms with Crippen LogP contribution in [-0.4, -0.2) is 21.4 Å². The van der Waals surface area contributed by atoms with E-state index < -0.39 is 16.7 Å². The Hall–Kier alpha value is -1.23. The Morgan fingerprint density at radius 2 is 2.25 bits per heavy atom. The third-order valence-electron chi connectivity index (χ3n) is 1.27. The number of primary amides is 1. The summed E-state index contributed by atoms with van der Waals surface area (Å²) in [6.45, 7) is 0. The number of hydrogen-bond acceptors (Lipinski definition) is 3. The van der Waals surface area contributed by atoms with E-state index in [9.17, 15) is 9.00 Å². The van der Waals surface area contributed by atoms with Gasteiger partial charge in [0.15, 0.2) is 0 Å². The van der Waals surface area contributed by atoms with E-state index in [1.165, 1.54) is 12.3 Å². The van der Waals surface area contributed by atoms with E-state index in [0.717, 1.165) is 0 Å². The van der Waals surface area contributed by atoms with Crippen molar-refractivity contribution in [2.24, 2.45) is 5.73 Å². The number of nitrogens with zero attached hydrogens (tertiary/aromatic N) is 1. The van der Waals surface area contributed by atoms with Crippen molar-refractivity contribution in [3.8, 4) is 0 Å². The predicted octanol–water partition coefficient (Wildman–Crippen LogP) is -0.0821. The van der Waals surface area contributed by atoms with Crippen LogP contribution in [0.5, 0.6) is 0 Å². The molecule has 0 saturated heterocycles. The summed E-state index contributed by atoms with van der Waals surface area (Å²) in [5, 5.41) is 0.367. The van der Waals surface area contributed by atoms with Gasteiger partial charge in [0, 0.05) is 6.26 Å². The molecule has 1 rings (SSSR count). The number of carbonyl (C=O) groups excluding carboxylic acids is 1. The van der Waals surface area contributed by atoms with Gasteiger partial charge in [-0.2, -0.15) is 0 Å². The van der Waals surface area contributed by atoms with Crippen molar-refractivity contribution in [1.29, 1.82) is 0 Å². The Morgan fingerprint density at radius 3 is 2.75 bits per heavy atom. The van der Waals surface area contributed by atoms with Gasteiger partial charge in [-0.05, 0) is 12.1 Å². The molecule has 4 nitrogen and oxygen atoms in total. The molecule has 0 aliphatic heterocycles. The van der Waals surface area contributed by atoms with Crippen molar-refractivity contribution in [2.75, 3.05) is 6.26 Å². The summed E-state index contributed by atoms with van der Waals surface area (Å²) in [6, 6.07) is 4.67. The first-order valence-electron chi connectivity index (χ1n) is 3.21. The van der Waals surface area contributed by atoms with Crippen LogP contribution in [0.3, 0.4) is 0 Å². The van der Waals surface area contributed by atoms with Gasteiger partial charge in [0.1, 0.15) is 10.7 Å². The lowest BCUT2D eigenvalue weighted by molar-refractivity contribution is 0.0995. The molecule has 0 aliphatic carbocycles. The average Bonchev–Trinajstić information content (AvgIpc) is 2.04. The number of hydrogen-bond donors (Lipinski definition) is 1. The van der Waals surface area contributed by atoms with Crippen molar-refractivity contribution >= 4 is 16.7 Å². The van der Waals surface area contributed by atoms with E-state index in [-0.39, 0.29) is 5.69 Å². The average molecular weight is 184 g/mol. The summed E-state index contributed by atoms with van der Waals surface area (Å²) >= 11 is 0. The van der Waals surface area contributed by atoms with E-state index in [2.05, 4.69) is 4.98 Å². The van der Waals surface area contributed by atoms with Gasteiger partial charge in [-0.3, -0.25) is 9.00 Å². The molecule has 0 radical (unpaired) electrons. The van der Waals surface area contributed by atoms with Gasteiger partial charge < -0.3 is 5.73 Å². The highest BCUT2D eigenvalue weighted by Gasteiger charge is 2.04. The summed E-state index contributed by atoms with van der Waals surface area (Å²) in [4.78, 5) is 14.4. The highest BCUT2D eigenvalue weighted by atomic mass is 32.2. The number of rotatable bonds is 2. The van der Waals surface area contributed by atoms with Crippen molar-refractivity contribution in [1.82, 2.24) is 4.98 Å². The molecule has 1 unspecified atom stereocenters. The summed E-state index contributed by atoms with van der Waals surface area (Å²) in [7, 11) is -1.17. The Kier molecular flexibility index (Phi) is 2.54. The lowest BCUT2D eigenvalue weighted by Crippen LogP contribution is -2.13. The first kappa shape index (κ1) is 8.86. The molecular formula is C7H8N2O2S. The molecule has 0 aromatic carbocycles. The lowest BCUT2D eigenvalue weighted by Gasteiger charge is -1.96. The molecule has 0 fully saturated rings. The second kappa shape index (κ2) is 3.44. The zero-order chi connectivity index (χ0) is 9.14. The zero-order valence-electron chi connectivity index (χ0n) is 6.48. The minimum Gasteiger partial charge on any atom is -0.364 e. The van der Waals surface area contributed by atoms with Gasteiger partial charge in [-0.25, -0.2) is 4.98 Å². The van der Waals surface area contributed by atoms with Crippen molar-refractivity contribution < 1.29 is 9.00 Å². The second-order valence-electron chi connectivity index (χ2n) is 2.18. The molecule has 2 N–H and O–H groups in total. The highest BCUT2D eigenvalue weighted by molar-refractivity contribution is 7.84. The molecule has 1 aromatic rings. The third-order valence-corrected chi connectivity index (χ3v) is 2.09. The quantitative estimate of drug-likeness (QED) is 0.698. The number of amides is 1. The summed E-state index contributed by atoms with van der Waals surface area (Å²) < 4.78 is 10.9. The Labute approximate surface area is 72.3 Å². The van der Waals surface area contributed by atoms with Gasteiger partial charge in [0.2, 0.25) is 0 Å². The monoisotopic (exact) mass is 184 g/mol. The maximum atomic E-state index is 10.9. The third kappa shape index (κ3) is 1.88. The molecule has 0 spiro atoms. The standard InChI is InChI=1S/C7H8N2O2S/c1-12(11)6-4-2-3-5(9-6)7(8)10/h2-4H,1H3,(H2,8,10). The fourth-order valence-electron chi connectivity index (χ4n) is 0.712. The zero-order valence-corrected chi connectivity index (χ0v) is 7.30. The fourth-order valence-corrected chi connectivity index (χ4v) is 1.21. The molecule has 1 aromatic heterocycles. The Balaban J connectivity index is 3.12. The molecule has 1 atom stereocenters. The maximum absolute atomic E-state index is 10.9. The van der Waals surface area contributed by atoms with Crippen LogP contribution in [0.2, 0.25) is 0 Å². The summed E-state index contributed by atoms with van der Waals surface area (Å²) in [6.07, 6.45) is 1.49. The summed E-state index contributed by atoms with van der Waals surface area (Å²) in [5.74, 6) is -0.609. The molecule has 1 amide bonds. The number of aromatic nitrogens is 1. The molecule has 0 bridgehead atoms.